The summed E-state index contributed by atoms with van der Waals surface area (Å²) < 4.78 is 4.90. The second-order valence-corrected chi connectivity index (χ2v) is 4.38. The van der Waals surface area contributed by atoms with Crippen LogP contribution in [-0.2, 0) is 11.3 Å². The molecule has 1 aromatic carbocycles. The molecular formula is C15H22N2O3. The van der Waals surface area contributed by atoms with Gasteiger partial charge in [-0.15, -0.1) is 0 Å². The van der Waals surface area contributed by atoms with Crippen LogP contribution in [0.2, 0.25) is 0 Å². The van der Waals surface area contributed by atoms with Gasteiger partial charge in [-0.2, -0.15) is 0 Å². The lowest BCUT2D eigenvalue weighted by molar-refractivity contribution is 0.0526. The predicted molar refractivity (Wildman–Crippen MR) is 77.5 cm³/mol. The van der Waals surface area contributed by atoms with Crippen molar-refractivity contribution in [1.29, 1.82) is 0 Å². The van der Waals surface area contributed by atoms with Crippen molar-refractivity contribution in [3.8, 4) is 0 Å². The van der Waals surface area contributed by atoms with E-state index in [4.69, 9.17) is 4.74 Å². The normalized spacial score (nSPS) is 9.90. The van der Waals surface area contributed by atoms with Crippen molar-refractivity contribution in [3.05, 3.63) is 35.4 Å². The Kier molecular flexibility index (Phi) is 7.17. The average Bonchev–Trinajstić information content (AvgIpc) is 2.46. The fourth-order valence-electron chi connectivity index (χ4n) is 1.60. The Morgan fingerprint density at radius 1 is 1.10 bits per heavy atom. The summed E-state index contributed by atoms with van der Waals surface area (Å²) in [6, 6.07) is 6.83. The maximum atomic E-state index is 11.5. The van der Waals surface area contributed by atoms with Crippen LogP contribution in [0.5, 0.6) is 0 Å². The summed E-state index contributed by atoms with van der Waals surface area (Å²) >= 11 is 0. The molecule has 0 aliphatic rings. The maximum Gasteiger partial charge on any atom is 0.338 e. The van der Waals surface area contributed by atoms with Crippen molar-refractivity contribution in [2.75, 3.05) is 13.2 Å². The van der Waals surface area contributed by atoms with Crippen LogP contribution in [0.3, 0.4) is 0 Å². The highest BCUT2D eigenvalue weighted by atomic mass is 16.5. The molecule has 2 amide bonds. The molecule has 5 heteroatoms. The van der Waals surface area contributed by atoms with Crippen LogP contribution < -0.4 is 10.6 Å². The fraction of sp³-hybridized carbons (Fsp3) is 0.467. The van der Waals surface area contributed by atoms with E-state index in [9.17, 15) is 9.59 Å². The average molecular weight is 278 g/mol. The minimum Gasteiger partial charge on any atom is -0.462 e. The van der Waals surface area contributed by atoms with Gasteiger partial charge in [0.05, 0.1) is 12.2 Å². The Balaban J connectivity index is 2.38. The summed E-state index contributed by atoms with van der Waals surface area (Å²) in [7, 11) is 0. The monoisotopic (exact) mass is 278 g/mol. The zero-order valence-electron chi connectivity index (χ0n) is 12.1. The van der Waals surface area contributed by atoms with Gasteiger partial charge in [-0.25, -0.2) is 9.59 Å². The molecule has 0 saturated carbocycles. The van der Waals surface area contributed by atoms with E-state index in [-0.39, 0.29) is 12.0 Å². The number of amides is 2. The maximum absolute atomic E-state index is 11.5. The number of carbonyl (C=O) groups excluding carboxylic acids is 2. The van der Waals surface area contributed by atoms with Crippen LogP contribution >= 0.6 is 0 Å². The first-order valence-electron chi connectivity index (χ1n) is 6.95. The van der Waals surface area contributed by atoms with Crippen LogP contribution in [0.15, 0.2) is 24.3 Å². The smallest absolute Gasteiger partial charge is 0.338 e. The fourth-order valence-corrected chi connectivity index (χ4v) is 1.60. The van der Waals surface area contributed by atoms with Gasteiger partial charge in [0.1, 0.15) is 0 Å². The Morgan fingerprint density at radius 3 is 2.40 bits per heavy atom. The summed E-state index contributed by atoms with van der Waals surface area (Å²) in [5.41, 5.74) is 1.45. The summed E-state index contributed by atoms with van der Waals surface area (Å²) in [5.74, 6) is -0.329. The molecule has 2 N–H and O–H groups in total. The highest BCUT2D eigenvalue weighted by molar-refractivity contribution is 5.89. The lowest BCUT2D eigenvalue weighted by Crippen LogP contribution is -2.35. The second kappa shape index (κ2) is 8.96. The van der Waals surface area contributed by atoms with Gasteiger partial charge in [0.15, 0.2) is 0 Å². The van der Waals surface area contributed by atoms with Crippen molar-refractivity contribution >= 4 is 12.0 Å². The van der Waals surface area contributed by atoms with E-state index in [1.54, 1.807) is 31.2 Å². The molecule has 0 aliphatic heterocycles. The molecule has 110 valence electrons. The first kappa shape index (κ1) is 16.0. The zero-order valence-corrected chi connectivity index (χ0v) is 12.1. The molecule has 0 aliphatic carbocycles. The second-order valence-electron chi connectivity index (χ2n) is 4.38. The number of carbonyl (C=O) groups is 2. The third-order valence-corrected chi connectivity index (χ3v) is 2.73. The van der Waals surface area contributed by atoms with E-state index in [1.807, 2.05) is 0 Å². The highest BCUT2D eigenvalue weighted by Gasteiger charge is 2.06. The number of hydrogen-bond acceptors (Lipinski definition) is 3. The molecule has 0 atom stereocenters. The largest absolute Gasteiger partial charge is 0.462 e. The van der Waals surface area contributed by atoms with Gasteiger partial charge in [-0.1, -0.05) is 25.5 Å². The van der Waals surface area contributed by atoms with Crippen molar-refractivity contribution < 1.29 is 14.3 Å². The van der Waals surface area contributed by atoms with E-state index in [1.165, 1.54) is 0 Å². The summed E-state index contributed by atoms with van der Waals surface area (Å²) in [5, 5.41) is 5.54. The third-order valence-electron chi connectivity index (χ3n) is 2.73. The standard InChI is InChI=1S/C15H22N2O3/c1-3-5-10-16-15(19)17-11-12-6-8-13(9-7-12)14(18)20-4-2/h6-9H,3-5,10-11H2,1-2H3,(H2,16,17,19). The van der Waals surface area contributed by atoms with Gasteiger partial charge in [-0.05, 0) is 31.0 Å². The van der Waals surface area contributed by atoms with Gasteiger partial charge < -0.3 is 15.4 Å². The van der Waals surface area contributed by atoms with Crippen molar-refractivity contribution in [1.82, 2.24) is 10.6 Å². The third kappa shape index (κ3) is 5.73. The number of nitrogens with one attached hydrogen (secondary N) is 2. The highest BCUT2D eigenvalue weighted by Crippen LogP contribution is 2.05. The van der Waals surface area contributed by atoms with E-state index >= 15 is 0 Å². The molecule has 0 saturated heterocycles. The van der Waals surface area contributed by atoms with Crippen LogP contribution in [-0.4, -0.2) is 25.2 Å². The van der Waals surface area contributed by atoms with E-state index in [0.29, 0.717) is 25.3 Å². The van der Waals surface area contributed by atoms with Gasteiger partial charge in [0.25, 0.3) is 0 Å². The molecule has 0 fully saturated rings. The molecule has 1 aromatic rings. The van der Waals surface area contributed by atoms with Crippen LogP contribution in [0.25, 0.3) is 0 Å². The lowest BCUT2D eigenvalue weighted by atomic mass is 10.1. The molecule has 0 heterocycles. The molecule has 0 unspecified atom stereocenters. The summed E-state index contributed by atoms with van der Waals surface area (Å²) in [6.07, 6.45) is 2.03. The van der Waals surface area contributed by atoms with Crippen LogP contribution in [0.1, 0.15) is 42.6 Å². The van der Waals surface area contributed by atoms with E-state index in [0.717, 1.165) is 18.4 Å². The minimum atomic E-state index is -0.329. The summed E-state index contributed by atoms with van der Waals surface area (Å²) in [6.45, 7) is 5.32. The number of esters is 1. The molecule has 0 aromatic heterocycles. The van der Waals surface area contributed by atoms with Crippen molar-refractivity contribution in [2.24, 2.45) is 0 Å². The van der Waals surface area contributed by atoms with Gasteiger partial charge in [0.2, 0.25) is 0 Å². The minimum absolute atomic E-state index is 0.173. The van der Waals surface area contributed by atoms with Gasteiger partial charge in [-0.3, -0.25) is 0 Å². The number of hydrogen-bond donors (Lipinski definition) is 2. The van der Waals surface area contributed by atoms with Crippen molar-refractivity contribution in [3.63, 3.8) is 0 Å². The van der Waals surface area contributed by atoms with Crippen LogP contribution in [0, 0.1) is 0 Å². The number of benzene rings is 1. The quantitative estimate of drug-likeness (QED) is 0.594. The first-order chi connectivity index (χ1) is 9.67. The topological polar surface area (TPSA) is 67.4 Å². The molecule has 0 spiro atoms. The Morgan fingerprint density at radius 2 is 1.80 bits per heavy atom. The molecule has 5 nitrogen and oxygen atoms in total. The Labute approximate surface area is 119 Å². The number of urea groups is 1. The SMILES string of the molecule is CCCCNC(=O)NCc1ccc(C(=O)OCC)cc1. The summed E-state index contributed by atoms with van der Waals surface area (Å²) in [4.78, 5) is 22.9. The molecule has 1 rings (SSSR count). The van der Waals surface area contributed by atoms with Crippen molar-refractivity contribution in [2.45, 2.75) is 33.2 Å². The lowest BCUT2D eigenvalue weighted by Gasteiger charge is -2.08. The molecular weight excluding hydrogens is 256 g/mol. The first-order valence-corrected chi connectivity index (χ1v) is 6.95. The zero-order chi connectivity index (χ0) is 14.8. The van der Waals surface area contributed by atoms with Gasteiger partial charge in [0, 0.05) is 13.1 Å². The van der Waals surface area contributed by atoms with E-state index in [2.05, 4.69) is 17.6 Å². The van der Waals surface area contributed by atoms with Crippen LogP contribution in [0.4, 0.5) is 4.79 Å². The van der Waals surface area contributed by atoms with E-state index < -0.39 is 0 Å². The molecule has 0 bridgehead atoms. The molecule has 0 radical (unpaired) electrons. The Bertz CT molecular complexity index is 429. The number of unbranched alkanes of at least 4 members (excludes halogenated alkanes) is 1. The number of ether oxygens (including phenoxy) is 1. The predicted octanol–water partition coefficient (Wildman–Crippen LogP) is 2.46. The molecule has 20 heavy (non-hydrogen) atoms. The number of rotatable bonds is 7. The Hall–Kier alpha value is -2.04. The van der Waals surface area contributed by atoms with Gasteiger partial charge >= 0.3 is 12.0 Å².